The number of carbonyl (C=O) groups is 1. The van der Waals surface area contributed by atoms with Crippen molar-refractivity contribution in [3.8, 4) is 0 Å². The number of hydrogen-bond acceptors (Lipinski definition) is 2. The van der Waals surface area contributed by atoms with E-state index in [1.807, 2.05) is 24.9 Å². The maximum Gasteiger partial charge on any atom is 0.225 e. The van der Waals surface area contributed by atoms with E-state index in [1.54, 1.807) is 0 Å². The number of H-pyrrole nitrogens is 1. The molecule has 1 amide bonds. The summed E-state index contributed by atoms with van der Waals surface area (Å²) in [6.07, 6.45) is 3.02. The Hall–Kier alpha value is -1.81. The van der Waals surface area contributed by atoms with Gasteiger partial charge in [0, 0.05) is 48.7 Å². The van der Waals surface area contributed by atoms with Crippen LogP contribution in [0.2, 0.25) is 0 Å². The Morgan fingerprint density at radius 1 is 1.39 bits per heavy atom. The van der Waals surface area contributed by atoms with Crippen molar-refractivity contribution in [1.29, 1.82) is 0 Å². The van der Waals surface area contributed by atoms with Gasteiger partial charge in [-0.15, -0.1) is 0 Å². The lowest BCUT2D eigenvalue weighted by Gasteiger charge is -2.38. The van der Waals surface area contributed by atoms with Gasteiger partial charge in [0.25, 0.3) is 0 Å². The Bertz CT molecular complexity index is 676. The summed E-state index contributed by atoms with van der Waals surface area (Å²) in [6.45, 7) is 8.82. The minimum atomic E-state index is 0.0953. The van der Waals surface area contributed by atoms with Gasteiger partial charge in [0.15, 0.2) is 0 Å². The third-order valence-electron chi connectivity index (χ3n) is 4.95. The summed E-state index contributed by atoms with van der Waals surface area (Å²) < 4.78 is 0. The molecule has 124 valence electrons. The first-order valence-electron chi connectivity index (χ1n) is 8.63. The molecule has 1 aromatic carbocycles. The van der Waals surface area contributed by atoms with Gasteiger partial charge in [-0.3, -0.25) is 4.79 Å². The largest absolute Gasteiger partial charge is 0.361 e. The highest BCUT2D eigenvalue weighted by Gasteiger charge is 2.29. The zero-order chi connectivity index (χ0) is 16.4. The van der Waals surface area contributed by atoms with Crippen molar-refractivity contribution < 1.29 is 4.79 Å². The van der Waals surface area contributed by atoms with Crippen LogP contribution in [0.25, 0.3) is 10.9 Å². The van der Waals surface area contributed by atoms with E-state index in [-0.39, 0.29) is 11.8 Å². The number of hydrogen-bond donors (Lipinski definition) is 2. The van der Waals surface area contributed by atoms with Crippen LogP contribution in [0.15, 0.2) is 30.5 Å². The molecule has 1 aliphatic rings. The summed E-state index contributed by atoms with van der Waals surface area (Å²) in [5, 5.41) is 5.00. The molecule has 1 fully saturated rings. The molecule has 1 saturated heterocycles. The zero-order valence-electron chi connectivity index (χ0n) is 14.3. The van der Waals surface area contributed by atoms with Crippen LogP contribution in [-0.2, 0) is 11.3 Å². The van der Waals surface area contributed by atoms with Gasteiger partial charge in [-0.25, -0.2) is 0 Å². The van der Waals surface area contributed by atoms with E-state index < -0.39 is 0 Å². The molecule has 2 aromatic rings. The second-order valence-corrected chi connectivity index (χ2v) is 7.05. The number of amides is 1. The number of rotatable bonds is 4. The van der Waals surface area contributed by atoms with Crippen LogP contribution in [0.1, 0.15) is 32.8 Å². The minimum absolute atomic E-state index is 0.0953. The molecule has 4 nitrogen and oxygen atoms in total. The summed E-state index contributed by atoms with van der Waals surface area (Å²) in [7, 11) is 0. The predicted molar refractivity (Wildman–Crippen MR) is 94.1 cm³/mol. The number of nitrogens with one attached hydrogen (secondary N) is 2. The molecule has 23 heavy (non-hydrogen) atoms. The van der Waals surface area contributed by atoms with Crippen molar-refractivity contribution >= 4 is 16.8 Å². The van der Waals surface area contributed by atoms with Gasteiger partial charge in [0.2, 0.25) is 5.91 Å². The maximum atomic E-state index is 12.1. The van der Waals surface area contributed by atoms with Crippen LogP contribution >= 0.6 is 0 Å². The van der Waals surface area contributed by atoms with Gasteiger partial charge < -0.3 is 15.2 Å². The van der Waals surface area contributed by atoms with Crippen molar-refractivity contribution in [2.24, 2.45) is 11.8 Å². The fraction of sp³-hybridized carbons (Fsp3) is 0.526. The number of benzene rings is 1. The fourth-order valence-electron chi connectivity index (χ4n) is 3.56. The molecule has 3 rings (SSSR count). The molecule has 2 N–H and O–H groups in total. The third-order valence-corrected chi connectivity index (χ3v) is 4.95. The molecule has 0 aliphatic carbocycles. The van der Waals surface area contributed by atoms with Gasteiger partial charge in [0.05, 0.1) is 0 Å². The van der Waals surface area contributed by atoms with Gasteiger partial charge in [-0.05, 0) is 30.0 Å². The third kappa shape index (κ3) is 3.42. The monoisotopic (exact) mass is 313 g/mol. The molecule has 0 radical (unpaired) electrons. The molecule has 2 heterocycles. The summed E-state index contributed by atoms with van der Waals surface area (Å²) in [5.74, 6) is 0.863. The smallest absolute Gasteiger partial charge is 0.225 e. The van der Waals surface area contributed by atoms with E-state index >= 15 is 0 Å². The van der Waals surface area contributed by atoms with Crippen LogP contribution < -0.4 is 5.32 Å². The quantitative estimate of drug-likeness (QED) is 0.911. The predicted octanol–water partition coefficient (Wildman–Crippen LogP) is 3.15. The second-order valence-electron chi connectivity index (χ2n) is 7.05. The molecule has 0 bridgehead atoms. The average molecular weight is 313 g/mol. The SMILES string of the molecule is CC(C)C(=O)N1CC[C@@H](NCc2cccc3[nH]ccc23)[C@@H](C)C1. The minimum Gasteiger partial charge on any atom is -0.361 e. The Balaban J connectivity index is 1.59. The number of piperidine rings is 1. The van der Waals surface area contributed by atoms with Crippen LogP contribution in [0.4, 0.5) is 0 Å². The Kier molecular flexibility index (Phi) is 4.71. The molecule has 0 unspecified atom stereocenters. The Morgan fingerprint density at radius 3 is 2.96 bits per heavy atom. The lowest BCUT2D eigenvalue weighted by molar-refractivity contribution is -0.136. The normalized spacial score (nSPS) is 22.0. The molecule has 2 atom stereocenters. The Morgan fingerprint density at radius 2 is 2.22 bits per heavy atom. The van der Waals surface area contributed by atoms with Crippen molar-refractivity contribution in [2.45, 2.75) is 39.8 Å². The van der Waals surface area contributed by atoms with Gasteiger partial charge in [-0.2, -0.15) is 0 Å². The zero-order valence-corrected chi connectivity index (χ0v) is 14.3. The number of nitrogens with zero attached hydrogens (tertiary/aromatic N) is 1. The average Bonchev–Trinajstić information content (AvgIpc) is 3.02. The molecular weight excluding hydrogens is 286 g/mol. The Labute approximate surface area is 138 Å². The van der Waals surface area contributed by atoms with Crippen LogP contribution in [0, 0.1) is 11.8 Å². The summed E-state index contributed by atoms with van der Waals surface area (Å²) in [6, 6.07) is 9.01. The van der Waals surface area contributed by atoms with Crippen LogP contribution in [0.3, 0.4) is 0 Å². The maximum absolute atomic E-state index is 12.1. The van der Waals surface area contributed by atoms with E-state index in [4.69, 9.17) is 0 Å². The standard InChI is InChI=1S/C19H27N3O/c1-13(2)19(23)22-10-8-17(14(3)12-22)21-11-15-5-4-6-18-16(15)7-9-20-18/h4-7,9,13-14,17,20-21H,8,10-12H2,1-3H3/t14-,17+/m0/s1. The highest BCUT2D eigenvalue weighted by molar-refractivity contribution is 5.82. The van der Waals surface area contributed by atoms with Crippen LogP contribution in [0.5, 0.6) is 0 Å². The lowest BCUT2D eigenvalue weighted by Crippen LogP contribution is -2.50. The topological polar surface area (TPSA) is 48.1 Å². The molecular formula is C19H27N3O. The fourth-order valence-corrected chi connectivity index (χ4v) is 3.56. The first kappa shape index (κ1) is 16.1. The number of fused-ring (bicyclic) bond motifs is 1. The van der Waals surface area contributed by atoms with Crippen molar-refractivity contribution in [3.05, 3.63) is 36.0 Å². The molecule has 0 spiro atoms. The van der Waals surface area contributed by atoms with Crippen molar-refractivity contribution in [2.75, 3.05) is 13.1 Å². The van der Waals surface area contributed by atoms with Gasteiger partial charge in [0.1, 0.15) is 0 Å². The van der Waals surface area contributed by atoms with Crippen LogP contribution in [-0.4, -0.2) is 34.9 Å². The van der Waals surface area contributed by atoms with E-state index in [0.717, 1.165) is 26.1 Å². The molecule has 1 aliphatic heterocycles. The lowest BCUT2D eigenvalue weighted by atomic mass is 9.92. The first-order valence-corrected chi connectivity index (χ1v) is 8.63. The molecule has 1 aromatic heterocycles. The van der Waals surface area contributed by atoms with Gasteiger partial charge in [-0.1, -0.05) is 32.9 Å². The number of aromatic nitrogens is 1. The molecule has 0 saturated carbocycles. The van der Waals surface area contributed by atoms with E-state index in [1.165, 1.54) is 16.5 Å². The van der Waals surface area contributed by atoms with E-state index in [0.29, 0.717) is 12.0 Å². The summed E-state index contributed by atoms with van der Waals surface area (Å²) in [5.41, 5.74) is 2.52. The number of aromatic amines is 1. The second kappa shape index (κ2) is 6.75. The van der Waals surface area contributed by atoms with E-state index in [9.17, 15) is 4.79 Å². The highest BCUT2D eigenvalue weighted by Crippen LogP contribution is 2.21. The summed E-state index contributed by atoms with van der Waals surface area (Å²) in [4.78, 5) is 17.4. The van der Waals surface area contributed by atoms with E-state index in [2.05, 4.69) is 41.5 Å². The number of likely N-dealkylation sites (tertiary alicyclic amines) is 1. The first-order chi connectivity index (χ1) is 11.1. The number of carbonyl (C=O) groups excluding carboxylic acids is 1. The molecule has 4 heteroatoms. The highest BCUT2D eigenvalue weighted by atomic mass is 16.2. The van der Waals surface area contributed by atoms with Gasteiger partial charge >= 0.3 is 0 Å². The summed E-state index contributed by atoms with van der Waals surface area (Å²) >= 11 is 0. The van der Waals surface area contributed by atoms with Crippen molar-refractivity contribution in [3.63, 3.8) is 0 Å². The van der Waals surface area contributed by atoms with Crippen molar-refractivity contribution in [1.82, 2.24) is 15.2 Å².